The van der Waals surface area contributed by atoms with Gasteiger partial charge in [0.05, 0.1) is 18.2 Å². The van der Waals surface area contributed by atoms with Gasteiger partial charge in [-0.15, -0.1) is 0 Å². The van der Waals surface area contributed by atoms with Gasteiger partial charge in [-0.25, -0.2) is 4.79 Å². The highest BCUT2D eigenvalue weighted by Gasteiger charge is 2.34. The first-order valence-electron chi connectivity index (χ1n) is 11.4. The van der Waals surface area contributed by atoms with E-state index >= 15 is 0 Å². The first-order chi connectivity index (χ1) is 16.7. The number of hydrogen-bond acceptors (Lipinski definition) is 5. The zero-order valence-corrected chi connectivity index (χ0v) is 21.8. The molecule has 0 aliphatic carbocycles. The summed E-state index contributed by atoms with van der Waals surface area (Å²) >= 11 is 11.4. The van der Waals surface area contributed by atoms with E-state index in [0.29, 0.717) is 40.3 Å². The third kappa shape index (κ3) is 6.96. The Morgan fingerprint density at radius 1 is 1.14 bits per heavy atom. The number of carbonyl (C=O) groups is 2. The molecule has 2 N–H and O–H groups in total. The van der Waals surface area contributed by atoms with Gasteiger partial charge in [-0.2, -0.15) is 0 Å². The molecule has 0 spiro atoms. The highest BCUT2D eigenvalue weighted by molar-refractivity contribution is 7.80. The molecule has 0 bridgehead atoms. The molecule has 1 aliphatic rings. The minimum atomic E-state index is -0.456. The normalized spacial score (nSPS) is 15.7. The maximum Gasteiger partial charge on any atom is 0.338 e. The highest BCUT2D eigenvalue weighted by atomic mass is 35.5. The van der Waals surface area contributed by atoms with Gasteiger partial charge in [0, 0.05) is 23.0 Å². The Kier molecular flexibility index (Phi) is 9.12. The number of nitrogens with one attached hydrogen (secondary N) is 2. The lowest BCUT2D eigenvalue weighted by Crippen LogP contribution is -2.47. The van der Waals surface area contributed by atoms with Crippen molar-refractivity contribution in [2.24, 2.45) is 5.92 Å². The first kappa shape index (κ1) is 26.5. The van der Waals surface area contributed by atoms with Gasteiger partial charge >= 0.3 is 5.97 Å². The molecule has 3 rings (SSSR count). The number of hydrogen-bond donors (Lipinski definition) is 2. The number of esters is 1. The van der Waals surface area contributed by atoms with Gasteiger partial charge in [-0.3, -0.25) is 4.79 Å². The third-order valence-electron chi connectivity index (χ3n) is 5.39. The Balaban J connectivity index is 1.72. The van der Waals surface area contributed by atoms with Gasteiger partial charge in [0.2, 0.25) is 0 Å². The average Bonchev–Trinajstić information content (AvgIpc) is 2.82. The van der Waals surface area contributed by atoms with Crippen LogP contribution < -0.4 is 15.4 Å². The van der Waals surface area contributed by atoms with Crippen molar-refractivity contribution < 1.29 is 19.1 Å². The van der Waals surface area contributed by atoms with Crippen LogP contribution in [0.3, 0.4) is 0 Å². The fraction of sp³-hybridized carbons (Fsp3) is 0.346. The second-order valence-electron chi connectivity index (χ2n) is 8.53. The van der Waals surface area contributed by atoms with Gasteiger partial charge in [0.1, 0.15) is 5.75 Å². The summed E-state index contributed by atoms with van der Waals surface area (Å²) in [6.45, 7) is 8.67. The number of halogens is 1. The Labute approximate surface area is 216 Å². The summed E-state index contributed by atoms with van der Waals surface area (Å²) in [5, 5.41) is 7.22. The van der Waals surface area contributed by atoms with Crippen LogP contribution in [0.15, 0.2) is 59.8 Å². The van der Waals surface area contributed by atoms with Gasteiger partial charge < -0.3 is 25.0 Å². The molecule has 35 heavy (non-hydrogen) atoms. The predicted octanol–water partition coefficient (Wildman–Crippen LogP) is 5.08. The molecule has 1 atom stereocenters. The van der Waals surface area contributed by atoms with E-state index in [2.05, 4.69) is 10.6 Å². The summed E-state index contributed by atoms with van der Waals surface area (Å²) in [7, 11) is 0. The average molecular weight is 516 g/mol. The Hall–Kier alpha value is -3.10. The quantitative estimate of drug-likeness (QED) is 0.356. The SMILES string of the molecule is CCN1C(=S)NC(c2ccc(NC(=O)COc3ccc(Cl)cc3)cc2)C(C(=O)OCC(C)C)=C1C. The Bertz CT molecular complexity index is 1100. The molecular weight excluding hydrogens is 486 g/mol. The number of rotatable bonds is 9. The molecule has 2 aromatic carbocycles. The van der Waals surface area contributed by atoms with E-state index in [1.807, 2.05) is 44.7 Å². The van der Waals surface area contributed by atoms with Crippen molar-refractivity contribution >= 4 is 46.5 Å². The molecule has 9 heteroatoms. The molecule has 2 aromatic rings. The van der Waals surface area contributed by atoms with E-state index in [4.69, 9.17) is 33.3 Å². The first-order valence-corrected chi connectivity index (χ1v) is 12.2. The predicted molar refractivity (Wildman–Crippen MR) is 141 cm³/mol. The molecule has 0 aromatic heterocycles. The van der Waals surface area contributed by atoms with Gasteiger partial charge in [0.15, 0.2) is 11.7 Å². The van der Waals surface area contributed by atoms with Crippen molar-refractivity contribution in [2.45, 2.75) is 33.7 Å². The topological polar surface area (TPSA) is 79.9 Å². The van der Waals surface area contributed by atoms with E-state index in [0.717, 1.165) is 11.3 Å². The number of carbonyl (C=O) groups excluding carboxylic acids is 2. The van der Waals surface area contributed by atoms with Crippen molar-refractivity contribution in [3.8, 4) is 5.75 Å². The molecular formula is C26H30ClN3O4S. The fourth-order valence-corrected chi connectivity index (χ4v) is 4.14. The van der Waals surface area contributed by atoms with E-state index in [1.54, 1.807) is 36.4 Å². The van der Waals surface area contributed by atoms with Crippen LogP contribution in [0.2, 0.25) is 5.02 Å². The number of anilines is 1. The summed E-state index contributed by atoms with van der Waals surface area (Å²) in [5.41, 5.74) is 2.73. The standard InChI is InChI=1S/C26H30ClN3O4S/c1-5-30-17(4)23(25(32)34-14-16(2)3)24(29-26(30)35)18-6-10-20(11-7-18)28-22(31)15-33-21-12-8-19(27)9-13-21/h6-13,16,24H,5,14-15H2,1-4H3,(H,28,31)(H,29,35). The molecule has 0 saturated heterocycles. The number of allylic oxidation sites excluding steroid dienone is 1. The number of nitrogens with zero attached hydrogens (tertiary/aromatic N) is 1. The highest BCUT2D eigenvalue weighted by Crippen LogP contribution is 2.32. The van der Waals surface area contributed by atoms with Crippen LogP contribution >= 0.6 is 23.8 Å². The van der Waals surface area contributed by atoms with E-state index in [9.17, 15) is 9.59 Å². The van der Waals surface area contributed by atoms with Crippen LogP contribution in [0.5, 0.6) is 5.75 Å². The third-order valence-corrected chi connectivity index (χ3v) is 5.98. The number of ether oxygens (including phenoxy) is 2. The smallest absolute Gasteiger partial charge is 0.338 e. The summed E-state index contributed by atoms with van der Waals surface area (Å²) in [4.78, 5) is 27.2. The summed E-state index contributed by atoms with van der Waals surface area (Å²) in [6, 6.07) is 13.6. The van der Waals surface area contributed by atoms with Crippen molar-refractivity contribution in [3.63, 3.8) is 0 Å². The molecule has 0 radical (unpaired) electrons. The zero-order chi connectivity index (χ0) is 25.5. The summed E-state index contributed by atoms with van der Waals surface area (Å²) in [6.07, 6.45) is 0. The lowest BCUT2D eigenvalue weighted by molar-refractivity contribution is -0.140. The van der Waals surface area contributed by atoms with Crippen LogP contribution in [-0.4, -0.2) is 41.6 Å². The molecule has 0 saturated carbocycles. The molecule has 1 unspecified atom stereocenters. The van der Waals surface area contributed by atoms with E-state index < -0.39 is 6.04 Å². The van der Waals surface area contributed by atoms with E-state index in [-0.39, 0.29) is 24.4 Å². The molecule has 0 fully saturated rings. The lowest BCUT2D eigenvalue weighted by atomic mass is 9.94. The Morgan fingerprint density at radius 2 is 1.80 bits per heavy atom. The maximum absolute atomic E-state index is 13.0. The van der Waals surface area contributed by atoms with Crippen molar-refractivity contribution in [2.75, 3.05) is 25.1 Å². The molecule has 1 amide bonds. The maximum atomic E-state index is 13.0. The molecule has 1 aliphatic heterocycles. The van der Waals surface area contributed by atoms with Crippen LogP contribution in [0.1, 0.15) is 39.3 Å². The number of thiocarbonyl (C=S) groups is 1. The minimum absolute atomic E-state index is 0.136. The molecule has 186 valence electrons. The van der Waals surface area contributed by atoms with E-state index in [1.165, 1.54) is 0 Å². The van der Waals surface area contributed by atoms with Gasteiger partial charge in [0.25, 0.3) is 5.91 Å². The molecule has 1 heterocycles. The summed E-state index contributed by atoms with van der Waals surface area (Å²) in [5.74, 6) is 0.118. The van der Waals surface area contributed by atoms with Crippen molar-refractivity contribution in [3.05, 3.63) is 70.4 Å². The number of benzene rings is 2. The van der Waals surface area contributed by atoms with Crippen molar-refractivity contribution in [1.82, 2.24) is 10.2 Å². The largest absolute Gasteiger partial charge is 0.484 e. The van der Waals surface area contributed by atoms with Crippen LogP contribution in [0.25, 0.3) is 0 Å². The Morgan fingerprint density at radius 3 is 2.40 bits per heavy atom. The minimum Gasteiger partial charge on any atom is -0.484 e. The molecule has 7 nitrogen and oxygen atoms in total. The summed E-state index contributed by atoms with van der Waals surface area (Å²) < 4.78 is 11.0. The van der Waals surface area contributed by atoms with Gasteiger partial charge in [-0.05, 0) is 73.9 Å². The second kappa shape index (κ2) is 12.0. The number of amides is 1. The van der Waals surface area contributed by atoms with Crippen LogP contribution in [0, 0.1) is 5.92 Å². The lowest BCUT2D eigenvalue weighted by Gasteiger charge is -2.37. The van der Waals surface area contributed by atoms with Crippen molar-refractivity contribution in [1.29, 1.82) is 0 Å². The fourth-order valence-electron chi connectivity index (χ4n) is 3.63. The van der Waals surface area contributed by atoms with Gasteiger partial charge in [-0.1, -0.05) is 37.6 Å². The monoisotopic (exact) mass is 515 g/mol. The van der Waals surface area contributed by atoms with Crippen LogP contribution in [0.4, 0.5) is 5.69 Å². The zero-order valence-electron chi connectivity index (χ0n) is 20.3. The second-order valence-corrected chi connectivity index (χ2v) is 9.35. The van der Waals surface area contributed by atoms with Crippen LogP contribution in [-0.2, 0) is 14.3 Å².